The molecule has 0 radical (unpaired) electrons. The van der Waals surface area contributed by atoms with Crippen molar-refractivity contribution >= 4 is 11.5 Å². The standard InChI is InChI=1S/C27H37N5O5/c1-18(2)25(28)24-26(29-17-21(34)7-4-19(3)33)30-23(31-27(24)35)16-20-5-8-22(9-6-20)37-15-12-32-10-13-36-14-11-32/h4-6,8-9,17-18,28,33-34H,7,10-16H2,1-3H3,(H2,29,30,31,35)/b19-4+,21-17+,28-25?. The number of ether oxygens (including phenoxy) is 2. The van der Waals surface area contributed by atoms with E-state index in [1.54, 1.807) is 0 Å². The second-order valence-corrected chi connectivity index (χ2v) is 9.26. The maximum absolute atomic E-state index is 12.9. The quantitative estimate of drug-likeness (QED) is 0.214. The average Bonchev–Trinajstić information content (AvgIpc) is 2.87. The van der Waals surface area contributed by atoms with Crippen molar-refractivity contribution in [3.8, 4) is 5.75 Å². The lowest BCUT2D eigenvalue weighted by Gasteiger charge is -2.26. The van der Waals surface area contributed by atoms with Crippen LogP contribution >= 0.6 is 0 Å². The monoisotopic (exact) mass is 511 g/mol. The van der Waals surface area contributed by atoms with Crippen LogP contribution in [0.4, 0.5) is 5.82 Å². The van der Waals surface area contributed by atoms with Crippen molar-refractivity contribution in [1.82, 2.24) is 14.9 Å². The third-order valence-corrected chi connectivity index (χ3v) is 5.87. The lowest BCUT2D eigenvalue weighted by molar-refractivity contribution is 0.0322. The Hall–Kier alpha value is -3.63. The SMILES string of the molecule is C/C(O)=C\C/C(O)=C\Nc1nc(Cc2ccc(OCCN3CCOCC3)cc2)[nH]c(=O)c1C(=N)C(C)C. The van der Waals surface area contributed by atoms with Gasteiger partial charge in [0.25, 0.3) is 5.56 Å². The largest absolute Gasteiger partial charge is 0.513 e. The number of morpholine rings is 1. The van der Waals surface area contributed by atoms with E-state index >= 15 is 0 Å². The molecule has 0 bridgehead atoms. The van der Waals surface area contributed by atoms with Crippen LogP contribution in [0.25, 0.3) is 0 Å². The highest BCUT2D eigenvalue weighted by Gasteiger charge is 2.18. The fraction of sp³-hybridized carbons (Fsp3) is 0.444. The van der Waals surface area contributed by atoms with Crippen LogP contribution in [-0.4, -0.2) is 70.2 Å². The zero-order chi connectivity index (χ0) is 26.8. The summed E-state index contributed by atoms with van der Waals surface area (Å²) in [6.07, 6.45) is 3.25. The Morgan fingerprint density at radius 3 is 2.62 bits per heavy atom. The summed E-state index contributed by atoms with van der Waals surface area (Å²) in [4.78, 5) is 22.6. The first-order chi connectivity index (χ1) is 17.7. The fourth-order valence-corrected chi connectivity index (χ4v) is 3.72. The number of aliphatic hydroxyl groups excluding tert-OH is 2. The Balaban J connectivity index is 1.71. The van der Waals surface area contributed by atoms with E-state index in [1.165, 1.54) is 19.2 Å². The lowest BCUT2D eigenvalue weighted by Crippen LogP contribution is -2.38. The van der Waals surface area contributed by atoms with Crippen molar-refractivity contribution in [2.75, 3.05) is 44.8 Å². The van der Waals surface area contributed by atoms with E-state index in [0.29, 0.717) is 18.9 Å². The summed E-state index contributed by atoms with van der Waals surface area (Å²) in [6.45, 7) is 9.99. The van der Waals surface area contributed by atoms with Crippen molar-refractivity contribution < 1.29 is 19.7 Å². The number of aromatic nitrogens is 2. The number of nitrogens with zero attached hydrogens (tertiary/aromatic N) is 2. The summed E-state index contributed by atoms with van der Waals surface area (Å²) >= 11 is 0. The first-order valence-electron chi connectivity index (χ1n) is 12.5. The predicted octanol–water partition coefficient (Wildman–Crippen LogP) is 3.76. The van der Waals surface area contributed by atoms with Crippen LogP contribution in [-0.2, 0) is 11.2 Å². The van der Waals surface area contributed by atoms with E-state index in [4.69, 9.17) is 14.9 Å². The predicted molar refractivity (Wildman–Crippen MR) is 144 cm³/mol. The summed E-state index contributed by atoms with van der Waals surface area (Å²) in [7, 11) is 0. The van der Waals surface area contributed by atoms with E-state index in [9.17, 15) is 15.0 Å². The zero-order valence-corrected chi connectivity index (χ0v) is 21.7. The molecule has 2 aromatic rings. The number of anilines is 1. The maximum atomic E-state index is 12.9. The molecule has 0 atom stereocenters. The highest BCUT2D eigenvalue weighted by molar-refractivity contribution is 6.03. The minimum Gasteiger partial charge on any atom is -0.513 e. The highest BCUT2D eigenvalue weighted by Crippen LogP contribution is 2.18. The topological polar surface area (TPSA) is 144 Å². The van der Waals surface area contributed by atoms with Crippen LogP contribution in [0.5, 0.6) is 5.75 Å². The van der Waals surface area contributed by atoms with Crippen molar-refractivity contribution in [2.45, 2.75) is 33.6 Å². The maximum Gasteiger partial charge on any atom is 0.262 e. The summed E-state index contributed by atoms with van der Waals surface area (Å²) in [5.74, 6) is 1.23. The van der Waals surface area contributed by atoms with Gasteiger partial charge in [-0.05, 0) is 36.6 Å². The number of aliphatic hydroxyl groups is 2. The van der Waals surface area contributed by atoms with Crippen LogP contribution in [0.2, 0.25) is 0 Å². The van der Waals surface area contributed by atoms with Gasteiger partial charge in [0.05, 0.1) is 24.7 Å². The van der Waals surface area contributed by atoms with Crippen LogP contribution in [0.15, 0.2) is 52.9 Å². The first-order valence-corrected chi connectivity index (χ1v) is 12.5. The summed E-state index contributed by atoms with van der Waals surface area (Å²) in [5.41, 5.74) is 0.776. The van der Waals surface area contributed by atoms with Crippen LogP contribution in [0, 0.1) is 11.3 Å². The smallest absolute Gasteiger partial charge is 0.262 e. The Bertz CT molecular complexity index is 1160. The van der Waals surface area contributed by atoms with Crippen LogP contribution in [0.1, 0.15) is 44.1 Å². The molecule has 10 nitrogen and oxygen atoms in total. The van der Waals surface area contributed by atoms with Crippen molar-refractivity contribution in [2.24, 2.45) is 5.92 Å². The molecule has 1 saturated heterocycles. The van der Waals surface area contributed by atoms with Gasteiger partial charge in [0.1, 0.15) is 35.3 Å². The fourth-order valence-electron chi connectivity index (χ4n) is 3.72. The van der Waals surface area contributed by atoms with Crippen LogP contribution < -0.4 is 15.6 Å². The Kier molecular flexibility index (Phi) is 10.3. The minimum atomic E-state index is -0.423. The molecule has 200 valence electrons. The van der Waals surface area contributed by atoms with E-state index < -0.39 is 5.56 Å². The Morgan fingerprint density at radius 2 is 1.97 bits per heavy atom. The van der Waals surface area contributed by atoms with Gasteiger partial charge in [0.15, 0.2) is 0 Å². The highest BCUT2D eigenvalue weighted by atomic mass is 16.5. The molecule has 1 aliphatic rings. The molecule has 0 unspecified atom stereocenters. The molecule has 1 aliphatic heterocycles. The molecule has 0 saturated carbocycles. The first kappa shape index (κ1) is 27.9. The molecule has 1 aromatic carbocycles. The molecule has 0 amide bonds. The molecular formula is C27H37N5O5. The minimum absolute atomic E-state index is 0.0525. The molecule has 37 heavy (non-hydrogen) atoms. The third-order valence-electron chi connectivity index (χ3n) is 5.87. The summed E-state index contributed by atoms with van der Waals surface area (Å²) in [5, 5.41) is 30.6. The second kappa shape index (κ2) is 13.6. The molecule has 1 aromatic heterocycles. The third kappa shape index (κ3) is 8.76. The van der Waals surface area contributed by atoms with Gasteiger partial charge < -0.3 is 35.4 Å². The number of allylic oxidation sites excluding steroid dienone is 2. The number of benzene rings is 1. The molecule has 2 heterocycles. The second-order valence-electron chi connectivity index (χ2n) is 9.26. The molecular weight excluding hydrogens is 474 g/mol. The van der Waals surface area contributed by atoms with Gasteiger partial charge in [0, 0.05) is 38.7 Å². The molecule has 5 N–H and O–H groups in total. The average molecular weight is 512 g/mol. The lowest BCUT2D eigenvalue weighted by atomic mass is 10.0. The number of aromatic amines is 1. The van der Waals surface area contributed by atoms with Crippen molar-refractivity contribution in [3.63, 3.8) is 0 Å². The molecule has 0 aliphatic carbocycles. The normalized spacial score (nSPS) is 15.1. The van der Waals surface area contributed by atoms with E-state index in [-0.39, 0.29) is 41.0 Å². The number of rotatable bonds is 12. The number of hydrogen-bond donors (Lipinski definition) is 5. The molecule has 0 spiro atoms. The van der Waals surface area contributed by atoms with E-state index in [1.807, 2.05) is 38.1 Å². The summed E-state index contributed by atoms with van der Waals surface area (Å²) in [6, 6.07) is 7.64. The number of hydrogen-bond acceptors (Lipinski definition) is 9. The molecule has 1 fully saturated rings. The summed E-state index contributed by atoms with van der Waals surface area (Å²) < 4.78 is 11.2. The van der Waals surface area contributed by atoms with Crippen molar-refractivity contribution in [1.29, 1.82) is 5.41 Å². The Labute approximate surface area is 217 Å². The van der Waals surface area contributed by atoms with Gasteiger partial charge in [-0.25, -0.2) is 4.98 Å². The van der Waals surface area contributed by atoms with E-state index in [2.05, 4.69) is 20.2 Å². The zero-order valence-electron chi connectivity index (χ0n) is 21.7. The van der Waals surface area contributed by atoms with Gasteiger partial charge in [-0.15, -0.1) is 0 Å². The molecule has 10 heteroatoms. The number of nitrogens with one attached hydrogen (secondary N) is 3. The van der Waals surface area contributed by atoms with Gasteiger partial charge in [-0.3, -0.25) is 9.69 Å². The molecule has 3 rings (SSSR count). The Morgan fingerprint density at radius 1 is 1.27 bits per heavy atom. The van der Waals surface area contributed by atoms with Gasteiger partial charge in [-0.2, -0.15) is 0 Å². The van der Waals surface area contributed by atoms with Gasteiger partial charge >= 0.3 is 0 Å². The van der Waals surface area contributed by atoms with Gasteiger partial charge in [0.2, 0.25) is 0 Å². The number of H-pyrrole nitrogens is 1. The van der Waals surface area contributed by atoms with Gasteiger partial charge in [-0.1, -0.05) is 26.0 Å². The van der Waals surface area contributed by atoms with Crippen LogP contribution in [0.3, 0.4) is 0 Å². The van der Waals surface area contributed by atoms with E-state index in [0.717, 1.165) is 44.2 Å². The van der Waals surface area contributed by atoms with Crippen molar-refractivity contribution in [3.05, 3.63) is 75.4 Å².